The van der Waals surface area contributed by atoms with Gasteiger partial charge in [0.15, 0.2) is 0 Å². The Hall–Kier alpha value is -1.00. The zero-order valence-electron chi connectivity index (χ0n) is 10.3. The number of carbonyl (C=O) groups is 1. The molecule has 3 nitrogen and oxygen atoms in total. The Morgan fingerprint density at radius 2 is 2.18 bits per heavy atom. The van der Waals surface area contributed by atoms with Crippen LogP contribution in [-0.4, -0.2) is 35.7 Å². The number of amides is 1. The quantitative estimate of drug-likeness (QED) is 0.813. The van der Waals surface area contributed by atoms with Gasteiger partial charge in [0.1, 0.15) is 0 Å². The minimum atomic E-state index is -0.463. The van der Waals surface area contributed by atoms with Crippen LogP contribution >= 0.6 is 11.8 Å². The van der Waals surface area contributed by atoms with Crippen LogP contribution in [-0.2, 0) is 0 Å². The summed E-state index contributed by atoms with van der Waals surface area (Å²) < 4.78 is 0. The van der Waals surface area contributed by atoms with E-state index in [1.165, 1.54) is 0 Å². The van der Waals surface area contributed by atoms with Gasteiger partial charge in [-0.2, -0.15) is 11.8 Å². The maximum atomic E-state index is 11.8. The summed E-state index contributed by atoms with van der Waals surface area (Å²) in [5.74, 6) is 0.785. The average molecular weight is 253 g/mol. The summed E-state index contributed by atoms with van der Waals surface area (Å²) >= 11 is 1.69. The summed E-state index contributed by atoms with van der Waals surface area (Å²) in [6.45, 7) is 2.22. The number of aryl methyl sites for hydroxylation is 1. The van der Waals surface area contributed by atoms with E-state index in [0.29, 0.717) is 18.5 Å². The summed E-state index contributed by atoms with van der Waals surface area (Å²) in [7, 11) is 0. The van der Waals surface area contributed by atoms with Crippen LogP contribution < -0.4 is 5.32 Å². The van der Waals surface area contributed by atoms with Gasteiger partial charge in [-0.25, -0.2) is 0 Å². The molecule has 1 atom stereocenters. The highest BCUT2D eigenvalue weighted by molar-refractivity contribution is 7.98. The van der Waals surface area contributed by atoms with Crippen LogP contribution in [0.3, 0.4) is 0 Å². The Labute approximate surface area is 107 Å². The van der Waals surface area contributed by atoms with Crippen LogP contribution in [0, 0.1) is 6.92 Å². The molecule has 0 saturated carbocycles. The number of rotatable bonds is 6. The molecular formula is C13H19NO2S. The van der Waals surface area contributed by atoms with Gasteiger partial charge in [0.2, 0.25) is 0 Å². The summed E-state index contributed by atoms with van der Waals surface area (Å²) in [4.78, 5) is 11.8. The van der Waals surface area contributed by atoms with Crippen molar-refractivity contribution >= 4 is 17.7 Å². The first-order chi connectivity index (χ1) is 8.15. The lowest BCUT2D eigenvalue weighted by molar-refractivity contribution is 0.0914. The van der Waals surface area contributed by atoms with E-state index in [-0.39, 0.29) is 5.91 Å². The molecule has 1 rings (SSSR count). The molecule has 1 aromatic rings. The van der Waals surface area contributed by atoms with E-state index in [4.69, 9.17) is 0 Å². The Balaban J connectivity index is 2.42. The van der Waals surface area contributed by atoms with Crippen molar-refractivity contribution in [1.29, 1.82) is 0 Å². The first kappa shape index (κ1) is 14.1. The molecule has 1 amide bonds. The Morgan fingerprint density at radius 1 is 1.47 bits per heavy atom. The van der Waals surface area contributed by atoms with Gasteiger partial charge in [0, 0.05) is 12.1 Å². The van der Waals surface area contributed by atoms with Crippen molar-refractivity contribution in [3.63, 3.8) is 0 Å². The van der Waals surface area contributed by atoms with Crippen LogP contribution in [0.1, 0.15) is 22.3 Å². The van der Waals surface area contributed by atoms with Crippen molar-refractivity contribution in [3.8, 4) is 0 Å². The first-order valence-corrected chi connectivity index (χ1v) is 7.05. The van der Waals surface area contributed by atoms with Gasteiger partial charge in [0.25, 0.3) is 5.91 Å². The predicted molar refractivity (Wildman–Crippen MR) is 72.5 cm³/mol. The number of hydrogen-bond donors (Lipinski definition) is 2. The van der Waals surface area contributed by atoms with Crippen molar-refractivity contribution in [3.05, 3.63) is 35.4 Å². The molecule has 0 fully saturated rings. The maximum Gasteiger partial charge on any atom is 0.251 e. The lowest BCUT2D eigenvalue weighted by Gasteiger charge is -2.12. The third kappa shape index (κ3) is 4.79. The highest BCUT2D eigenvalue weighted by Crippen LogP contribution is 2.06. The summed E-state index contributed by atoms with van der Waals surface area (Å²) in [5, 5.41) is 12.4. The number of hydrogen-bond acceptors (Lipinski definition) is 3. The minimum Gasteiger partial charge on any atom is -0.391 e. The predicted octanol–water partition coefficient (Wildman–Crippen LogP) is 1.84. The van der Waals surface area contributed by atoms with Crippen molar-refractivity contribution in [2.45, 2.75) is 19.4 Å². The normalized spacial score (nSPS) is 12.2. The molecule has 0 aromatic heterocycles. The van der Waals surface area contributed by atoms with E-state index in [2.05, 4.69) is 5.32 Å². The third-order valence-corrected chi connectivity index (χ3v) is 3.19. The second-order valence-corrected chi connectivity index (χ2v) is 4.95. The number of nitrogens with one attached hydrogen (secondary N) is 1. The number of aliphatic hydroxyl groups is 1. The van der Waals surface area contributed by atoms with Gasteiger partial charge in [0.05, 0.1) is 6.10 Å². The largest absolute Gasteiger partial charge is 0.391 e. The van der Waals surface area contributed by atoms with E-state index in [9.17, 15) is 9.90 Å². The highest BCUT2D eigenvalue weighted by atomic mass is 32.2. The standard InChI is InChI=1S/C13H19NO2S/c1-10-5-3-4-6-12(10)13(16)14-9-11(15)7-8-17-2/h3-6,11,15H,7-9H2,1-2H3,(H,14,16). The van der Waals surface area contributed by atoms with Crippen LogP contribution in [0.15, 0.2) is 24.3 Å². The van der Waals surface area contributed by atoms with Crippen LogP contribution in [0.5, 0.6) is 0 Å². The van der Waals surface area contributed by atoms with E-state index in [1.54, 1.807) is 17.8 Å². The van der Waals surface area contributed by atoms with Crippen LogP contribution in [0.25, 0.3) is 0 Å². The molecule has 0 bridgehead atoms. The molecular weight excluding hydrogens is 234 g/mol. The molecule has 17 heavy (non-hydrogen) atoms. The van der Waals surface area contributed by atoms with Crippen LogP contribution in [0.2, 0.25) is 0 Å². The lowest BCUT2D eigenvalue weighted by Crippen LogP contribution is -2.32. The molecule has 0 aliphatic rings. The third-order valence-electron chi connectivity index (χ3n) is 2.54. The topological polar surface area (TPSA) is 49.3 Å². The second kappa shape index (κ2) is 7.35. The van der Waals surface area contributed by atoms with Gasteiger partial charge in [-0.1, -0.05) is 18.2 Å². The van der Waals surface area contributed by atoms with Gasteiger partial charge >= 0.3 is 0 Å². The second-order valence-electron chi connectivity index (χ2n) is 3.96. The molecule has 0 saturated heterocycles. The Bertz CT molecular complexity index is 368. The molecule has 0 aliphatic carbocycles. The van der Waals surface area contributed by atoms with Gasteiger partial charge in [-0.3, -0.25) is 4.79 Å². The van der Waals surface area contributed by atoms with E-state index < -0.39 is 6.10 Å². The zero-order chi connectivity index (χ0) is 12.7. The fraction of sp³-hybridized carbons (Fsp3) is 0.462. The molecule has 2 N–H and O–H groups in total. The minimum absolute atomic E-state index is 0.119. The van der Waals surface area contributed by atoms with E-state index in [0.717, 1.165) is 11.3 Å². The van der Waals surface area contributed by atoms with E-state index in [1.807, 2.05) is 31.4 Å². The van der Waals surface area contributed by atoms with Crippen LogP contribution in [0.4, 0.5) is 0 Å². The average Bonchev–Trinajstić information content (AvgIpc) is 2.34. The molecule has 0 spiro atoms. The number of aliphatic hydroxyl groups excluding tert-OH is 1. The van der Waals surface area contributed by atoms with Gasteiger partial charge in [-0.15, -0.1) is 0 Å². The Morgan fingerprint density at radius 3 is 2.82 bits per heavy atom. The molecule has 0 radical (unpaired) electrons. The zero-order valence-corrected chi connectivity index (χ0v) is 11.1. The fourth-order valence-corrected chi connectivity index (χ4v) is 2.00. The highest BCUT2D eigenvalue weighted by Gasteiger charge is 2.10. The summed E-state index contributed by atoms with van der Waals surface area (Å²) in [6, 6.07) is 7.43. The molecule has 0 aliphatic heterocycles. The molecule has 1 aromatic carbocycles. The molecule has 4 heteroatoms. The van der Waals surface area contributed by atoms with Crippen molar-refractivity contribution in [1.82, 2.24) is 5.32 Å². The Kier molecular flexibility index (Phi) is 6.08. The number of carbonyl (C=O) groups excluding carboxylic acids is 1. The smallest absolute Gasteiger partial charge is 0.251 e. The van der Waals surface area contributed by atoms with Gasteiger partial charge in [-0.05, 0) is 37.0 Å². The van der Waals surface area contributed by atoms with Gasteiger partial charge < -0.3 is 10.4 Å². The van der Waals surface area contributed by atoms with E-state index >= 15 is 0 Å². The fourth-order valence-electron chi connectivity index (χ4n) is 1.49. The number of benzene rings is 1. The SMILES string of the molecule is CSCCC(O)CNC(=O)c1ccccc1C. The monoisotopic (exact) mass is 253 g/mol. The molecule has 1 unspecified atom stereocenters. The first-order valence-electron chi connectivity index (χ1n) is 5.66. The van der Waals surface area contributed by atoms with Crippen molar-refractivity contribution in [2.75, 3.05) is 18.6 Å². The summed E-state index contributed by atoms with van der Waals surface area (Å²) in [6.07, 6.45) is 2.24. The lowest BCUT2D eigenvalue weighted by atomic mass is 10.1. The maximum absolute atomic E-state index is 11.8. The number of thioether (sulfide) groups is 1. The summed E-state index contributed by atoms with van der Waals surface area (Å²) in [5.41, 5.74) is 1.62. The molecule has 94 valence electrons. The van der Waals surface area contributed by atoms with Crippen molar-refractivity contribution in [2.24, 2.45) is 0 Å². The molecule has 0 heterocycles. The van der Waals surface area contributed by atoms with Crippen molar-refractivity contribution < 1.29 is 9.90 Å².